The first-order valence-corrected chi connectivity index (χ1v) is 10.6. The Hall–Kier alpha value is -2.56. The molecule has 0 saturated carbocycles. The molecule has 0 N–H and O–H groups in total. The molecule has 0 spiro atoms. The lowest BCUT2D eigenvalue weighted by molar-refractivity contribution is -0.137. The average molecular weight is 397 g/mol. The second-order valence-electron chi connectivity index (χ2n) is 8.04. The number of benzene rings is 1. The van der Waals surface area contributed by atoms with Gasteiger partial charge < -0.3 is 14.2 Å². The molecule has 2 atom stereocenters. The van der Waals surface area contributed by atoms with E-state index in [4.69, 9.17) is 4.74 Å². The van der Waals surface area contributed by atoms with Crippen LogP contribution in [0.4, 0.5) is 0 Å². The van der Waals surface area contributed by atoms with Gasteiger partial charge in [-0.05, 0) is 65.0 Å². The summed E-state index contributed by atoms with van der Waals surface area (Å²) in [7, 11) is 0. The minimum atomic E-state index is -0.328. The molecule has 1 fully saturated rings. The molecule has 1 aromatic heterocycles. The Morgan fingerprint density at radius 2 is 1.69 bits per heavy atom. The Morgan fingerprint density at radius 1 is 1.07 bits per heavy atom. The number of nitrogens with zero attached hydrogens (tertiary/aromatic N) is 2. The topological polar surface area (TPSA) is 51.5 Å². The summed E-state index contributed by atoms with van der Waals surface area (Å²) in [6, 6.07) is 10.4. The molecule has 156 valence electrons. The van der Waals surface area contributed by atoms with E-state index in [0.717, 1.165) is 41.8 Å². The van der Waals surface area contributed by atoms with Crippen molar-refractivity contribution in [2.75, 3.05) is 6.61 Å². The molecule has 0 unspecified atom stereocenters. The van der Waals surface area contributed by atoms with Crippen LogP contribution in [0.2, 0.25) is 0 Å². The predicted octanol–water partition coefficient (Wildman–Crippen LogP) is 4.74. The van der Waals surface area contributed by atoms with Crippen LogP contribution in [-0.2, 0) is 16.1 Å². The quantitative estimate of drug-likeness (QED) is 0.686. The minimum absolute atomic E-state index is 0.107. The van der Waals surface area contributed by atoms with Gasteiger partial charge in [0, 0.05) is 17.8 Å². The molecule has 1 saturated heterocycles. The van der Waals surface area contributed by atoms with E-state index in [1.54, 1.807) is 6.92 Å². The Bertz CT molecular complexity index is 875. The number of hydrogen-bond donors (Lipinski definition) is 0. The fourth-order valence-corrected chi connectivity index (χ4v) is 4.69. The second kappa shape index (κ2) is 8.85. The first-order chi connectivity index (χ1) is 13.9. The third-order valence-electron chi connectivity index (χ3n) is 6.07. The van der Waals surface area contributed by atoms with Gasteiger partial charge >= 0.3 is 5.97 Å². The molecule has 1 amide bonds. The Labute approximate surface area is 173 Å². The monoisotopic (exact) mass is 396 g/mol. The first-order valence-electron chi connectivity index (χ1n) is 10.6. The second-order valence-corrected chi connectivity index (χ2v) is 8.04. The van der Waals surface area contributed by atoms with E-state index in [1.807, 2.05) is 53.6 Å². The van der Waals surface area contributed by atoms with Crippen LogP contribution >= 0.6 is 0 Å². The maximum absolute atomic E-state index is 13.3. The molecular formula is C24H32N2O3. The highest BCUT2D eigenvalue weighted by Gasteiger charge is 2.31. The van der Waals surface area contributed by atoms with Crippen LogP contribution < -0.4 is 0 Å². The van der Waals surface area contributed by atoms with E-state index in [-0.39, 0.29) is 30.5 Å². The number of esters is 1. The van der Waals surface area contributed by atoms with Crippen LogP contribution in [0.25, 0.3) is 11.3 Å². The molecule has 1 aliphatic heterocycles. The van der Waals surface area contributed by atoms with Crippen LogP contribution in [-0.4, -0.2) is 40.0 Å². The summed E-state index contributed by atoms with van der Waals surface area (Å²) in [6.45, 7) is 10.5. The molecule has 5 heteroatoms. The highest BCUT2D eigenvalue weighted by molar-refractivity contribution is 5.95. The predicted molar refractivity (Wildman–Crippen MR) is 115 cm³/mol. The first kappa shape index (κ1) is 21.2. The SMILES string of the molecule is CCOC(=O)c1c(C)c(-c2ccccc2)n(CC(=O)N2[C@@H](C)CCC[C@@H]2C)c1C. The zero-order valence-electron chi connectivity index (χ0n) is 18.2. The molecular weight excluding hydrogens is 364 g/mol. The van der Waals surface area contributed by atoms with Crippen LogP contribution in [0.1, 0.15) is 61.6 Å². The number of ether oxygens (including phenoxy) is 1. The smallest absolute Gasteiger partial charge is 0.340 e. The summed E-state index contributed by atoms with van der Waals surface area (Å²) < 4.78 is 7.29. The molecule has 29 heavy (non-hydrogen) atoms. The average Bonchev–Trinajstić information content (AvgIpc) is 2.92. The maximum Gasteiger partial charge on any atom is 0.340 e. The van der Waals surface area contributed by atoms with Crippen molar-refractivity contribution in [3.8, 4) is 11.3 Å². The molecule has 1 aromatic carbocycles. The maximum atomic E-state index is 13.3. The fourth-order valence-electron chi connectivity index (χ4n) is 4.69. The molecule has 0 radical (unpaired) electrons. The van der Waals surface area contributed by atoms with Crippen LogP contribution in [0.3, 0.4) is 0 Å². The summed E-state index contributed by atoms with van der Waals surface area (Å²) in [4.78, 5) is 28.0. The van der Waals surface area contributed by atoms with Gasteiger partial charge in [-0.25, -0.2) is 4.79 Å². The molecule has 1 aliphatic rings. The molecule has 0 bridgehead atoms. The number of likely N-dealkylation sites (tertiary alicyclic amines) is 1. The number of amides is 1. The normalized spacial score (nSPS) is 19.3. The van der Waals surface area contributed by atoms with E-state index in [2.05, 4.69) is 13.8 Å². The lowest BCUT2D eigenvalue weighted by Crippen LogP contribution is -2.48. The highest BCUT2D eigenvalue weighted by Crippen LogP contribution is 2.32. The van der Waals surface area contributed by atoms with Crippen LogP contribution in [0.15, 0.2) is 30.3 Å². The molecule has 5 nitrogen and oxygen atoms in total. The number of hydrogen-bond acceptors (Lipinski definition) is 3. The van der Waals surface area contributed by atoms with E-state index in [1.165, 1.54) is 0 Å². The number of aromatic nitrogens is 1. The third-order valence-corrected chi connectivity index (χ3v) is 6.07. The van der Waals surface area contributed by atoms with Crippen LogP contribution in [0.5, 0.6) is 0 Å². The van der Waals surface area contributed by atoms with E-state index >= 15 is 0 Å². The third kappa shape index (κ3) is 4.09. The standard InChI is InChI=1S/C24H32N2O3/c1-6-29-24(28)22-18(4)23(20-13-8-7-9-14-20)25(19(22)5)15-21(27)26-16(2)11-10-12-17(26)3/h7-9,13-14,16-17H,6,10-12,15H2,1-5H3/t16-,17-/m0/s1. The van der Waals surface area contributed by atoms with Crippen molar-refractivity contribution < 1.29 is 14.3 Å². The minimum Gasteiger partial charge on any atom is -0.462 e. The van der Waals surface area contributed by atoms with E-state index in [9.17, 15) is 9.59 Å². The highest BCUT2D eigenvalue weighted by atomic mass is 16.5. The van der Waals surface area contributed by atoms with Crippen molar-refractivity contribution in [3.05, 3.63) is 47.2 Å². The molecule has 3 rings (SSSR count). The summed E-state index contributed by atoms with van der Waals surface area (Å²) >= 11 is 0. The summed E-state index contributed by atoms with van der Waals surface area (Å²) in [5, 5.41) is 0. The Kier molecular flexibility index (Phi) is 6.46. The van der Waals surface area contributed by atoms with E-state index < -0.39 is 0 Å². The van der Waals surface area contributed by atoms with Gasteiger partial charge in [-0.2, -0.15) is 0 Å². The van der Waals surface area contributed by atoms with Gasteiger partial charge in [-0.1, -0.05) is 30.3 Å². The van der Waals surface area contributed by atoms with E-state index in [0.29, 0.717) is 12.2 Å². The summed E-state index contributed by atoms with van der Waals surface area (Å²) in [5.41, 5.74) is 4.12. The Morgan fingerprint density at radius 3 is 2.28 bits per heavy atom. The van der Waals surface area contributed by atoms with Gasteiger partial charge in [-0.15, -0.1) is 0 Å². The zero-order valence-corrected chi connectivity index (χ0v) is 18.2. The van der Waals surface area contributed by atoms with Crippen molar-refractivity contribution >= 4 is 11.9 Å². The van der Waals surface area contributed by atoms with Crippen molar-refractivity contribution in [1.29, 1.82) is 0 Å². The summed E-state index contributed by atoms with van der Waals surface area (Å²) in [6.07, 6.45) is 3.24. The number of carbonyl (C=O) groups is 2. The molecule has 0 aliphatic carbocycles. The van der Waals surface area contributed by atoms with Gasteiger partial charge in [0.25, 0.3) is 0 Å². The van der Waals surface area contributed by atoms with Crippen molar-refractivity contribution in [1.82, 2.24) is 9.47 Å². The number of carbonyl (C=O) groups excluding carboxylic acids is 2. The van der Waals surface area contributed by atoms with Gasteiger partial charge in [0.2, 0.25) is 5.91 Å². The van der Waals surface area contributed by atoms with Gasteiger partial charge in [-0.3, -0.25) is 4.79 Å². The van der Waals surface area contributed by atoms with Gasteiger partial charge in [0.1, 0.15) is 6.54 Å². The van der Waals surface area contributed by atoms with Crippen molar-refractivity contribution in [2.45, 2.75) is 72.5 Å². The van der Waals surface area contributed by atoms with Gasteiger partial charge in [0.05, 0.1) is 17.9 Å². The number of piperidine rings is 1. The summed E-state index contributed by atoms with van der Waals surface area (Å²) in [5.74, 6) is -0.221. The van der Waals surface area contributed by atoms with Crippen molar-refractivity contribution in [3.63, 3.8) is 0 Å². The molecule has 2 aromatic rings. The fraction of sp³-hybridized carbons (Fsp3) is 0.500. The zero-order chi connectivity index (χ0) is 21.1. The largest absolute Gasteiger partial charge is 0.462 e. The Balaban J connectivity index is 2.06. The van der Waals surface area contributed by atoms with Crippen molar-refractivity contribution in [2.24, 2.45) is 0 Å². The van der Waals surface area contributed by atoms with Gasteiger partial charge in [0.15, 0.2) is 0 Å². The number of rotatable bonds is 5. The van der Waals surface area contributed by atoms with Crippen LogP contribution in [0, 0.1) is 13.8 Å². The lowest BCUT2D eigenvalue weighted by atomic mass is 9.97. The lowest BCUT2D eigenvalue weighted by Gasteiger charge is -2.39. The molecule has 2 heterocycles.